The summed E-state index contributed by atoms with van der Waals surface area (Å²) in [7, 11) is 3.24. The Morgan fingerprint density at radius 2 is 1.89 bits per heavy atom. The molecule has 1 aliphatic heterocycles. The lowest BCUT2D eigenvalue weighted by atomic mass is 9.99. The lowest BCUT2D eigenvalue weighted by molar-refractivity contribution is -0.144. The first-order chi connectivity index (χ1) is 8.39. The van der Waals surface area contributed by atoms with Crippen LogP contribution >= 0.6 is 0 Å². The number of hydrogen-bond donors (Lipinski definition) is 2. The molecule has 1 heterocycles. The first kappa shape index (κ1) is 14.9. The quantitative estimate of drug-likeness (QED) is 0.668. The summed E-state index contributed by atoms with van der Waals surface area (Å²) in [5, 5.41) is 5.79. The average molecular weight is 256 g/mol. The molecule has 1 aliphatic rings. The molecule has 0 aromatic rings. The third-order valence-electron chi connectivity index (χ3n) is 3.44. The van der Waals surface area contributed by atoms with Crippen LogP contribution < -0.4 is 10.6 Å². The Morgan fingerprint density at radius 3 is 2.39 bits per heavy atom. The van der Waals surface area contributed by atoms with Crippen molar-refractivity contribution in [1.29, 1.82) is 0 Å². The Bertz CT molecular complexity index is 311. The fraction of sp³-hybridized carbons (Fsp3) is 0.833. The van der Waals surface area contributed by atoms with Gasteiger partial charge in [0.05, 0.1) is 12.1 Å². The van der Waals surface area contributed by atoms with Crippen LogP contribution in [0.4, 0.5) is 0 Å². The van der Waals surface area contributed by atoms with E-state index in [1.165, 1.54) is 4.90 Å². The van der Waals surface area contributed by atoms with Gasteiger partial charge < -0.3 is 15.5 Å². The summed E-state index contributed by atoms with van der Waals surface area (Å²) in [5.74, 6) is -0.171. The second-order valence-corrected chi connectivity index (χ2v) is 5.13. The molecule has 18 heavy (non-hydrogen) atoms. The molecule has 2 amide bonds. The van der Waals surface area contributed by atoms with Gasteiger partial charge in [-0.25, -0.2) is 0 Å². The number of rotatable bonds is 4. The zero-order valence-electron chi connectivity index (χ0n) is 11.7. The zero-order chi connectivity index (χ0) is 13.8. The summed E-state index contributed by atoms with van der Waals surface area (Å²) in [4.78, 5) is 27.3. The standard InChI is InChI=1S/C12H24N4O2/c1-12(2,16-7-5-14-6-8-16)11(18)15(4)9-10(17)13-3/h14H,5-9H2,1-4H3,(H,13,17). The van der Waals surface area contributed by atoms with Crippen molar-refractivity contribution in [3.05, 3.63) is 0 Å². The number of nitrogens with one attached hydrogen (secondary N) is 2. The highest BCUT2D eigenvalue weighted by Gasteiger charge is 2.37. The Morgan fingerprint density at radius 1 is 1.33 bits per heavy atom. The molecule has 0 saturated carbocycles. The maximum atomic E-state index is 12.4. The molecule has 0 bridgehead atoms. The van der Waals surface area contributed by atoms with E-state index in [0.717, 1.165) is 26.2 Å². The van der Waals surface area contributed by atoms with Crippen LogP contribution in [0.2, 0.25) is 0 Å². The van der Waals surface area contributed by atoms with Crippen LogP contribution in [0.25, 0.3) is 0 Å². The van der Waals surface area contributed by atoms with Gasteiger partial charge in [0.25, 0.3) is 0 Å². The van der Waals surface area contributed by atoms with Crippen LogP contribution in [-0.2, 0) is 9.59 Å². The molecule has 0 aliphatic carbocycles. The van der Waals surface area contributed by atoms with Crippen molar-refractivity contribution in [3.63, 3.8) is 0 Å². The molecule has 0 spiro atoms. The third kappa shape index (κ3) is 3.43. The zero-order valence-corrected chi connectivity index (χ0v) is 11.7. The van der Waals surface area contributed by atoms with Crippen LogP contribution in [-0.4, -0.2) is 74.0 Å². The fourth-order valence-electron chi connectivity index (χ4n) is 2.19. The van der Waals surface area contributed by atoms with Crippen molar-refractivity contribution in [3.8, 4) is 0 Å². The summed E-state index contributed by atoms with van der Waals surface area (Å²) in [6, 6.07) is 0. The molecule has 1 rings (SSSR count). The maximum absolute atomic E-state index is 12.4. The van der Waals surface area contributed by atoms with Crippen LogP contribution in [0.5, 0.6) is 0 Å². The number of carbonyl (C=O) groups excluding carboxylic acids is 2. The molecule has 0 aromatic carbocycles. The van der Waals surface area contributed by atoms with Gasteiger partial charge in [0.1, 0.15) is 0 Å². The molecule has 6 nitrogen and oxygen atoms in total. The number of piperazine rings is 1. The summed E-state index contributed by atoms with van der Waals surface area (Å²) in [6.45, 7) is 7.44. The fourth-order valence-corrected chi connectivity index (χ4v) is 2.19. The average Bonchev–Trinajstić information content (AvgIpc) is 2.38. The van der Waals surface area contributed by atoms with E-state index < -0.39 is 5.54 Å². The van der Waals surface area contributed by atoms with Gasteiger partial charge in [0.15, 0.2) is 0 Å². The van der Waals surface area contributed by atoms with Crippen LogP contribution in [0.1, 0.15) is 13.8 Å². The van der Waals surface area contributed by atoms with Crippen molar-refractivity contribution in [2.75, 3.05) is 46.8 Å². The monoisotopic (exact) mass is 256 g/mol. The minimum Gasteiger partial charge on any atom is -0.358 e. The Labute approximate surface area is 109 Å². The Balaban J connectivity index is 2.64. The van der Waals surface area contributed by atoms with Crippen molar-refractivity contribution >= 4 is 11.8 Å². The molecule has 2 N–H and O–H groups in total. The van der Waals surface area contributed by atoms with Gasteiger partial charge in [-0.05, 0) is 13.8 Å². The molecule has 0 radical (unpaired) electrons. The van der Waals surface area contributed by atoms with Crippen LogP contribution in [0.15, 0.2) is 0 Å². The Hall–Kier alpha value is -1.14. The highest BCUT2D eigenvalue weighted by molar-refractivity contribution is 5.89. The minimum atomic E-state index is -0.565. The molecule has 0 atom stereocenters. The SMILES string of the molecule is CNC(=O)CN(C)C(=O)C(C)(C)N1CCNCC1. The predicted octanol–water partition coefficient (Wildman–Crippen LogP) is -1.13. The first-order valence-electron chi connectivity index (χ1n) is 6.31. The molecule has 1 saturated heterocycles. The van der Waals surface area contributed by atoms with Gasteiger partial charge in [-0.15, -0.1) is 0 Å². The smallest absolute Gasteiger partial charge is 0.242 e. The number of amides is 2. The van der Waals surface area contributed by atoms with Gasteiger partial charge in [-0.1, -0.05) is 0 Å². The largest absolute Gasteiger partial charge is 0.358 e. The summed E-state index contributed by atoms with van der Waals surface area (Å²) >= 11 is 0. The summed E-state index contributed by atoms with van der Waals surface area (Å²) in [5.41, 5.74) is -0.565. The number of hydrogen-bond acceptors (Lipinski definition) is 4. The van der Waals surface area contributed by atoms with Crippen molar-refractivity contribution in [2.45, 2.75) is 19.4 Å². The second kappa shape index (κ2) is 6.15. The molecular formula is C12H24N4O2. The van der Waals surface area contributed by atoms with E-state index in [1.54, 1.807) is 14.1 Å². The molecule has 1 fully saturated rings. The van der Waals surface area contributed by atoms with Gasteiger partial charge in [-0.3, -0.25) is 14.5 Å². The molecule has 104 valence electrons. The third-order valence-corrected chi connectivity index (χ3v) is 3.44. The lowest BCUT2D eigenvalue weighted by Crippen LogP contribution is -2.60. The summed E-state index contributed by atoms with van der Waals surface area (Å²) < 4.78 is 0. The van der Waals surface area contributed by atoms with Crippen LogP contribution in [0.3, 0.4) is 0 Å². The van der Waals surface area contributed by atoms with E-state index in [1.807, 2.05) is 13.8 Å². The summed E-state index contributed by atoms with van der Waals surface area (Å²) in [6.07, 6.45) is 0. The number of carbonyl (C=O) groups is 2. The van der Waals surface area contributed by atoms with E-state index in [0.29, 0.717) is 0 Å². The molecule has 0 unspecified atom stereocenters. The van der Waals surface area contributed by atoms with E-state index in [2.05, 4.69) is 15.5 Å². The highest BCUT2D eigenvalue weighted by Crippen LogP contribution is 2.17. The Kier molecular flexibility index (Phi) is 5.10. The molecular weight excluding hydrogens is 232 g/mol. The van der Waals surface area contributed by atoms with Gasteiger partial charge in [0, 0.05) is 40.3 Å². The molecule has 0 aromatic heterocycles. The van der Waals surface area contributed by atoms with E-state index in [-0.39, 0.29) is 18.4 Å². The van der Waals surface area contributed by atoms with Crippen molar-refractivity contribution in [2.24, 2.45) is 0 Å². The van der Waals surface area contributed by atoms with Gasteiger partial charge in [0.2, 0.25) is 11.8 Å². The van der Waals surface area contributed by atoms with Crippen molar-refractivity contribution < 1.29 is 9.59 Å². The normalized spacial score (nSPS) is 17.3. The van der Waals surface area contributed by atoms with Crippen LogP contribution in [0, 0.1) is 0 Å². The lowest BCUT2D eigenvalue weighted by Gasteiger charge is -2.41. The first-order valence-corrected chi connectivity index (χ1v) is 6.31. The van der Waals surface area contributed by atoms with E-state index in [9.17, 15) is 9.59 Å². The second-order valence-electron chi connectivity index (χ2n) is 5.13. The predicted molar refractivity (Wildman–Crippen MR) is 70.2 cm³/mol. The highest BCUT2D eigenvalue weighted by atomic mass is 16.2. The number of likely N-dealkylation sites (N-methyl/N-ethyl adjacent to an activating group) is 2. The van der Waals surface area contributed by atoms with Crippen molar-refractivity contribution in [1.82, 2.24) is 20.4 Å². The number of nitrogens with zero attached hydrogens (tertiary/aromatic N) is 2. The minimum absolute atomic E-state index is 0.0204. The van der Waals surface area contributed by atoms with E-state index in [4.69, 9.17) is 0 Å². The maximum Gasteiger partial charge on any atom is 0.242 e. The van der Waals surface area contributed by atoms with Gasteiger partial charge in [-0.2, -0.15) is 0 Å². The van der Waals surface area contributed by atoms with Gasteiger partial charge >= 0.3 is 0 Å². The molecule has 6 heteroatoms. The topological polar surface area (TPSA) is 64.7 Å². The van der Waals surface area contributed by atoms with E-state index >= 15 is 0 Å².